The van der Waals surface area contributed by atoms with E-state index in [4.69, 9.17) is 18.9 Å². The van der Waals surface area contributed by atoms with Crippen molar-refractivity contribution in [2.24, 2.45) is 22.7 Å². The van der Waals surface area contributed by atoms with Crippen molar-refractivity contribution in [1.82, 2.24) is 4.90 Å². The van der Waals surface area contributed by atoms with Gasteiger partial charge in [-0.25, -0.2) is 0 Å². The molecule has 0 unspecified atom stereocenters. The van der Waals surface area contributed by atoms with Gasteiger partial charge in [-0.3, -0.25) is 4.90 Å². The van der Waals surface area contributed by atoms with Crippen LogP contribution in [-0.4, -0.2) is 48.1 Å². The molecule has 4 saturated carbocycles. The number of piperidine rings is 1. The Bertz CT molecular complexity index is 1400. The van der Waals surface area contributed by atoms with E-state index < -0.39 is 0 Å². The van der Waals surface area contributed by atoms with Crippen LogP contribution in [0, 0.1) is 22.7 Å². The highest BCUT2D eigenvalue weighted by atomic mass is 16.7. The molecule has 0 aromatic heterocycles. The molecule has 5 heteroatoms. The average molecular weight is 556 g/mol. The maximum Gasteiger partial charge on any atom is 0.166 e. The quantitative estimate of drug-likeness (QED) is 0.413. The summed E-state index contributed by atoms with van der Waals surface area (Å²) < 4.78 is 27.6. The van der Waals surface area contributed by atoms with Crippen molar-refractivity contribution >= 4 is 0 Å². The summed E-state index contributed by atoms with van der Waals surface area (Å²) in [4.78, 5) is 2.93. The summed E-state index contributed by atoms with van der Waals surface area (Å²) in [5.41, 5.74) is 3.70. The van der Waals surface area contributed by atoms with Crippen molar-refractivity contribution in [3.8, 4) is 11.5 Å². The van der Waals surface area contributed by atoms with Gasteiger partial charge in [0.2, 0.25) is 0 Å². The van der Waals surface area contributed by atoms with Gasteiger partial charge in [-0.15, -0.1) is 0 Å². The molecule has 0 amide bonds. The minimum atomic E-state index is -0.338. The standard InChI is InChI=1S/C36H45NO4/c1-32(2,3)33(4)27-19-34-14-15-36(27,40-22-39-33)31-35(34)16-17-37(20-23-10-11-23)28(34)18-25-12-13-26(30(41-31)29(25)35)38-21-24-8-6-5-7-9-24/h5-9,12-13,23,27-28,31H,10-11,14-22H2,1-4H3/t27-,28-,31-,33+,34-,35+,36-/m1/s1. The lowest BCUT2D eigenvalue weighted by Crippen LogP contribution is -2.84. The van der Waals surface area contributed by atoms with Crippen molar-refractivity contribution < 1.29 is 18.9 Å². The number of ether oxygens (including phenoxy) is 4. The van der Waals surface area contributed by atoms with Gasteiger partial charge >= 0.3 is 0 Å². The minimum absolute atomic E-state index is 0.00617. The fourth-order valence-electron chi connectivity index (χ4n) is 10.9. The third kappa shape index (κ3) is 3.04. The van der Waals surface area contributed by atoms with Crippen molar-refractivity contribution in [2.75, 3.05) is 19.9 Å². The fraction of sp³-hybridized carbons (Fsp3) is 0.667. The first-order valence-corrected chi connectivity index (χ1v) is 16.2. The third-order valence-corrected chi connectivity index (χ3v) is 13.3. The Balaban J connectivity index is 1.21. The second-order valence-electron chi connectivity index (χ2n) is 15.7. The largest absolute Gasteiger partial charge is 0.485 e. The van der Waals surface area contributed by atoms with Crippen LogP contribution in [0.3, 0.4) is 0 Å². The second-order valence-corrected chi connectivity index (χ2v) is 15.7. The van der Waals surface area contributed by atoms with Crippen LogP contribution >= 0.6 is 0 Å². The van der Waals surface area contributed by atoms with Gasteiger partial charge in [0.25, 0.3) is 0 Å². The van der Waals surface area contributed by atoms with E-state index in [1.165, 1.54) is 55.5 Å². The molecule has 218 valence electrons. The number of nitrogens with zero attached hydrogens (tertiary/aromatic N) is 1. The number of likely N-dealkylation sites (tertiary alicyclic amines) is 1. The molecular formula is C36H45NO4. The molecule has 41 heavy (non-hydrogen) atoms. The van der Waals surface area contributed by atoms with Gasteiger partial charge in [0.1, 0.15) is 25.1 Å². The molecule has 3 spiro atoms. The van der Waals surface area contributed by atoms with Crippen LogP contribution in [0.1, 0.15) is 82.9 Å². The van der Waals surface area contributed by atoms with E-state index in [9.17, 15) is 0 Å². The molecule has 3 heterocycles. The summed E-state index contributed by atoms with van der Waals surface area (Å²) in [5.74, 6) is 3.12. The average Bonchev–Trinajstić information content (AvgIpc) is 3.70. The summed E-state index contributed by atoms with van der Waals surface area (Å²) in [6.07, 6.45) is 8.57. The van der Waals surface area contributed by atoms with Crippen molar-refractivity contribution in [1.29, 1.82) is 0 Å². The lowest BCUT2D eigenvalue weighted by Gasteiger charge is -2.77. The molecule has 8 aliphatic rings. The van der Waals surface area contributed by atoms with E-state index in [1.54, 1.807) is 0 Å². The predicted octanol–water partition coefficient (Wildman–Crippen LogP) is 6.65. The molecule has 0 radical (unpaired) electrons. The van der Waals surface area contributed by atoms with E-state index in [-0.39, 0.29) is 33.6 Å². The van der Waals surface area contributed by atoms with Gasteiger partial charge in [0.05, 0.1) is 5.60 Å². The Labute approximate surface area is 244 Å². The lowest BCUT2D eigenvalue weighted by atomic mass is 9.33. The smallest absolute Gasteiger partial charge is 0.166 e. The summed E-state index contributed by atoms with van der Waals surface area (Å²) in [6.45, 7) is 12.8. The van der Waals surface area contributed by atoms with Gasteiger partial charge < -0.3 is 18.9 Å². The van der Waals surface area contributed by atoms with Crippen LogP contribution in [-0.2, 0) is 27.9 Å². The zero-order valence-corrected chi connectivity index (χ0v) is 25.2. The topological polar surface area (TPSA) is 40.2 Å². The SMILES string of the molecule is CC(C)(C)[C@@]1(C)OCO[C@]23CC[C@@]4(C[C@@H]21)[C@H]1Cc2ccc(OCc5ccccc5)c5c2[C@@]4(CCN1CC1CC1)[C@H]3O5. The number of fused-ring (bicyclic) bond motifs is 1. The highest BCUT2D eigenvalue weighted by Gasteiger charge is 2.83. The van der Waals surface area contributed by atoms with Gasteiger partial charge in [-0.2, -0.15) is 0 Å². The Morgan fingerprint density at radius 1 is 1.00 bits per heavy atom. The van der Waals surface area contributed by atoms with Crippen molar-refractivity contribution in [2.45, 2.75) is 108 Å². The van der Waals surface area contributed by atoms with Gasteiger partial charge in [0.15, 0.2) is 11.5 Å². The molecule has 5 nitrogen and oxygen atoms in total. The highest BCUT2D eigenvalue weighted by Crippen LogP contribution is 2.79. The van der Waals surface area contributed by atoms with Crippen LogP contribution in [0.2, 0.25) is 0 Å². The minimum Gasteiger partial charge on any atom is -0.485 e. The number of rotatable bonds is 5. The Morgan fingerprint density at radius 3 is 2.61 bits per heavy atom. The van der Waals surface area contributed by atoms with Crippen molar-refractivity contribution in [3.63, 3.8) is 0 Å². The fourth-order valence-corrected chi connectivity index (χ4v) is 10.9. The molecule has 2 saturated heterocycles. The van der Waals surface area contributed by atoms with Crippen LogP contribution in [0.25, 0.3) is 0 Å². The summed E-state index contributed by atoms with van der Waals surface area (Å²) in [7, 11) is 0. The molecule has 0 N–H and O–H groups in total. The number of hydrogen-bond donors (Lipinski definition) is 0. The molecule has 4 bridgehead atoms. The number of hydrogen-bond acceptors (Lipinski definition) is 5. The first-order chi connectivity index (χ1) is 19.7. The summed E-state index contributed by atoms with van der Waals surface area (Å²) in [5, 5.41) is 0. The van der Waals surface area contributed by atoms with E-state index in [2.05, 4.69) is 75.1 Å². The molecule has 2 aromatic carbocycles. The van der Waals surface area contributed by atoms with Gasteiger partial charge in [0, 0.05) is 34.9 Å². The van der Waals surface area contributed by atoms with E-state index in [0.29, 0.717) is 25.4 Å². The Hall–Kier alpha value is -2.08. The molecule has 5 aliphatic carbocycles. The Morgan fingerprint density at radius 2 is 1.83 bits per heavy atom. The Kier molecular flexibility index (Phi) is 5.02. The molecule has 2 aromatic rings. The monoisotopic (exact) mass is 555 g/mol. The van der Waals surface area contributed by atoms with Gasteiger partial charge in [-0.05, 0) is 86.9 Å². The normalized spacial score (nSPS) is 41.9. The molecule has 3 aliphatic heterocycles. The second kappa shape index (κ2) is 8.09. The summed E-state index contributed by atoms with van der Waals surface area (Å²) in [6, 6.07) is 15.6. The molecular weight excluding hydrogens is 510 g/mol. The summed E-state index contributed by atoms with van der Waals surface area (Å²) >= 11 is 0. The van der Waals surface area contributed by atoms with Crippen LogP contribution < -0.4 is 9.47 Å². The van der Waals surface area contributed by atoms with E-state index in [1.807, 2.05) is 0 Å². The third-order valence-electron chi connectivity index (χ3n) is 13.3. The van der Waals surface area contributed by atoms with Crippen LogP contribution in [0.15, 0.2) is 42.5 Å². The lowest BCUT2D eigenvalue weighted by molar-refractivity contribution is -0.389. The highest BCUT2D eigenvalue weighted by molar-refractivity contribution is 5.64. The predicted molar refractivity (Wildman–Crippen MR) is 157 cm³/mol. The number of benzene rings is 2. The maximum atomic E-state index is 7.40. The van der Waals surface area contributed by atoms with Crippen LogP contribution in [0.4, 0.5) is 0 Å². The van der Waals surface area contributed by atoms with Gasteiger partial charge in [-0.1, -0.05) is 57.2 Å². The zero-order valence-electron chi connectivity index (χ0n) is 25.2. The maximum absolute atomic E-state index is 7.40. The molecule has 6 fully saturated rings. The zero-order chi connectivity index (χ0) is 27.8. The first-order valence-electron chi connectivity index (χ1n) is 16.2. The van der Waals surface area contributed by atoms with Crippen LogP contribution in [0.5, 0.6) is 11.5 Å². The van der Waals surface area contributed by atoms with E-state index >= 15 is 0 Å². The molecule has 7 atom stereocenters. The first kappa shape index (κ1) is 25.4. The van der Waals surface area contributed by atoms with Crippen molar-refractivity contribution in [3.05, 3.63) is 59.2 Å². The van der Waals surface area contributed by atoms with E-state index in [0.717, 1.165) is 36.7 Å². The molecule has 10 rings (SSSR count).